The summed E-state index contributed by atoms with van der Waals surface area (Å²) < 4.78 is 37.6. The number of carbonyl (C=O) groups excluding carboxylic acids is 1. The van der Waals surface area contributed by atoms with Gasteiger partial charge in [0.05, 0.1) is 13.1 Å². The van der Waals surface area contributed by atoms with Gasteiger partial charge in [-0.3, -0.25) is 9.69 Å². The van der Waals surface area contributed by atoms with E-state index in [2.05, 4.69) is 6.08 Å². The maximum absolute atomic E-state index is 12.5. The van der Waals surface area contributed by atoms with Gasteiger partial charge in [0.25, 0.3) is 0 Å². The van der Waals surface area contributed by atoms with Gasteiger partial charge < -0.3 is 4.90 Å². The highest BCUT2D eigenvalue weighted by Gasteiger charge is 2.32. The molecule has 3 nitrogen and oxygen atoms in total. The van der Waals surface area contributed by atoms with Crippen LogP contribution in [0, 0.1) is 5.92 Å². The van der Waals surface area contributed by atoms with E-state index in [0.29, 0.717) is 6.54 Å². The van der Waals surface area contributed by atoms with E-state index in [9.17, 15) is 18.0 Å². The standard InChI is InChI=1S/C13H21F3N2O/c1-17(2)12(19)9-18(10-13(14,15)16)8-11-6-4-3-5-7-11/h3-4,11H,5-10H2,1-2H3/t11-/m0/s1. The van der Waals surface area contributed by atoms with Crippen molar-refractivity contribution in [2.75, 3.05) is 33.7 Å². The summed E-state index contributed by atoms with van der Waals surface area (Å²) >= 11 is 0. The molecule has 0 aliphatic heterocycles. The van der Waals surface area contributed by atoms with Gasteiger partial charge in [0.2, 0.25) is 5.91 Å². The Kier molecular flexibility index (Phi) is 5.85. The topological polar surface area (TPSA) is 23.6 Å². The molecule has 0 radical (unpaired) electrons. The Balaban J connectivity index is 2.57. The highest BCUT2D eigenvalue weighted by Crippen LogP contribution is 2.22. The van der Waals surface area contributed by atoms with Gasteiger partial charge >= 0.3 is 6.18 Å². The molecule has 1 amide bonds. The summed E-state index contributed by atoms with van der Waals surface area (Å²) in [6.45, 7) is -0.872. The Morgan fingerprint density at radius 2 is 2.00 bits per heavy atom. The molecular weight excluding hydrogens is 257 g/mol. The fourth-order valence-electron chi connectivity index (χ4n) is 2.16. The molecule has 0 aromatic rings. The second-order valence-electron chi connectivity index (χ2n) is 5.22. The normalized spacial score (nSPS) is 19.8. The van der Waals surface area contributed by atoms with Gasteiger partial charge in [-0.25, -0.2) is 0 Å². The summed E-state index contributed by atoms with van der Waals surface area (Å²) in [5, 5.41) is 0. The molecule has 0 saturated heterocycles. The van der Waals surface area contributed by atoms with Crippen LogP contribution in [0.3, 0.4) is 0 Å². The van der Waals surface area contributed by atoms with Crippen LogP contribution < -0.4 is 0 Å². The maximum atomic E-state index is 12.5. The van der Waals surface area contributed by atoms with Crippen molar-refractivity contribution < 1.29 is 18.0 Å². The molecule has 1 rings (SSSR count). The van der Waals surface area contributed by atoms with Crippen LogP contribution in [0.15, 0.2) is 12.2 Å². The van der Waals surface area contributed by atoms with E-state index in [1.54, 1.807) is 14.1 Å². The number of nitrogens with zero attached hydrogens (tertiary/aromatic N) is 2. The average Bonchev–Trinajstić information content (AvgIpc) is 2.27. The van der Waals surface area contributed by atoms with Crippen LogP contribution in [0.4, 0.5) is 13.2 Å². The molecule has 110 valence electrons. The number of rotatable bonds is 5. The van der Waals surface area contributed by atoms with Gasteiger partial charge in [0.15, 0.2) is 0 Å². The first-order valence-electron chi connectivity index (χ1n) is 6.42. The molecular formula is C13H21F3N2O. The van der Waals surface area contributed by atoms with Crippen molar-refractivity contribution in [2.24, 2.45) is 5.92 Å². The van der Waals surface area contributed by atoms with E-state index in [4.69, 9.17) is 0 Å². The number of amides is 1. The molecule has 19 heavy (non-hydrogen) atoms. The zero-order chi connectivity index (χ0) is 14.5. The molecule has 0 bridgehead atoms. The fraction of sp³-hybridized carbons (Fsp3) is 0.769. The molecule has 0 unspecified atom stereocenters. The maximum Gasteiger partial charge on any atom is 0.401 e. The molecule has 0 saturated carbocycles. The first-order valence-corrected chi connectivity index (χ1v) is 6.42. The predicted octanol–water partition coefficient (Wildman–Crippen LogP) is 2.30. The van der Waals surface area contributed by atoms with Crippen LogP contribution in [0.1, 0.15) is 19.3 Å². The zero-order valence-electron chi connectivity index (χ0n) is 11.4. The molecule has 0 spiro atoms. The first-order chi connectivity index (χ1) is 8.78. The lowest BCUT2D eigenvalue weighted by molar-refractivity contribution is -0.152. The third-order valence-electron chi connectivity index (χ3n) is 3.15. The van der Waals surface area contributed by atoms with Crippen molar-refractivity contribution >= 4 is 5.91 Å². The van der Waals surface area contributed by atoms with Gasteiger partial charge in [0.1, 0.15) is 0 Å². The third kappa shape index (κ3) is 6.61. The Morgan fingerprint density at radius 1 is 1.32 bits per heavy atom. The van der Waals surface area contributed by atoms with E-state index in [1.165, 1.54) is 9.80 Å². The Bertz CT molecular complexity index is 326. The summed E-state index contributed by atoms with van der Waals surface area (Å²) in [5.41, 5.74) is 0. The minimum Gasteiger partial charge on any atom is -0.348 e. The summed E-state index contributed by atoms with van der Waals surface area (Å²) in [6, 6.07) is 0. The summed E-state index contributed by atoms with van der Waals surface area (Å²) in [4.78, 5) is 14.1. The van der Waals surface area contributed by atoms with E-state index in [1.807, 2.05) is 6.08 Å². The van der Waals surface area contributed by atoms with E-state index in [-0.39, 0.29) is 18.4 Å². The van der Waals surface area contributed by atoms with Crippen LogP contribution in [0.25, 0.3) is 0 Å². The highest BCUT2D eigenvalue weighted by atomic mass is 19.4. The van der Waals surface area contributed by atoms with Crippen molar-refractivity contribution in [3.63, 3.8) is 0 Å². The van der Waals surface area contributed by atoms with Crippen LogP contribution >= 0.6 is 0 Å². The Labute approximate surface area is 112 Å². The van der Waals surface area contributed by atoms with Crippen molar-refractivity contribution in [3.8, 4) is 0 Å². The van der Waals surface area contributed by atoms with Crippen molar-refractivity contribution in [1.29, 1.82) is 0 Å². The minimum absolute atomic E-state index is 0.174. The van der Waals surface area contributed by atoms with E-state index in [0.717, 1.165) is 19.3 Å². The van der Waals surface area contributed by atoms with Crippen LogP contribution in [-0.2, 0) is 4.79 Å². The zero-order valence-corrected chi connectivity index (χ0v) is 11.4. The Morgan fingerprint density at radius 3 is 2.47 bits per heavy atom. The van der Waals surface area contributed by atoms with Crippen molar-refractivity contribution in [3.05, 3.63) is 12.2 Å². The fourth-order valence-corrected chi connectivity index (χ4v) is 2.16. The van der Waals surface area contributed by atoms with Crippen LogP contribution in [0.5, 0.6) is 0 Å². The molecule has 0 N–H and O–H groups in total. The molecule has 1 aliphatic rings. The SMILES string of the molecule is CN(C)C(=O)CN(C[C@H]1CC=CCC1)CC(F)(F)F. The smallest absolute Gasteiger partial charge is 0.348 e. The number of likely N-dealkylation sites (N-methyl/N-ethyl adjacent to an activating group) is 1. The molecule has 0 heterocycles. The lowest BCUT2D eigenvalue weighted by atomic mass is 9.94. The average molecular weight is 278 g/mol. The molecule has 0 aromatic carbocycles. The Hall–Kier alpha value is -1.04. The lowest BCUT2D eigenvalue weighted by Gasteiger charge is -2.29. The second-order valence-corrected chi connectivity index (χ2v) is 5.22. The van der Waals surface area contributed by atoms with Crippen molar-refractivity contribution in [1.82, 2.24) is 9.80 Å². The van der Waals surface area contributed by atoms with E-state index < -0.39 is 12.7 Å². The second kappa shape index (κ2) is 6.93. The summed E-state index contributed by atoms with van der Waals surface area (Å²) in [7, 11) is 3.11. The summed E-state index contributed by atoms with van der Waals surface area (Å²) in [5.74, 6) is -0.0853. The highest BCUT2D eigenvalue weighted by molar-refractivity contribution is 5.77. The summed E-state index contributed by atoms with van der Waals surface area (Å²) in [6.07, 6.45) is 2.39. The number of halogens is 3. The number of alkyl halides is 3. The van der Waals surface area contributed by atoms with Gasteiger partial charge in [-0.05, 0) is 25.2 Å². The molecule has 0 aromatic heterocycles. The number of hydrogen-bond acceptors (Lipinski definition) is 2. The number of carbonyl (C=O) groups is 1. The largest absolute Gasteiger partial charge is 0.401 e. The molecule has 1 aliphatic carbocycles. The van der Waals surface area contributed by atoms with Crippen LogP contribution in [-0.4, -0.2) is 55.6 Å². The van der Waals surface area contributed by atoms with Gasteiger partial charge in [-0.15, -0.1) is 0 Å². The molecule has 6 heteroatoms. The molecule has 0 fully saturated rings. The van der Waals surface area contributed by atoms with E-state index >= 15 is 0 Å². The number of hydrogen-bond donors (Lipinski definition) is 0. The van der Waals surface area contributed by atoms with Gasteiger partial charge in [-0.1, -0.05) is 12.2 Å². The minimum atomic E-state index is -4.27. The van der Waals surface area contributed by atoms with Crippen LogP contribution in [0.2, 0.25) is 0 Å². The van der Waals surface area contributed by atoms with Gasteiger partial charge in [0, 0.05) is 20.6 Å². The van der Waals surface area contributed by atoms with Gasteiger partial charge in [-0.2, -0.15) is 13.2 Å². The first kappa shape index (κ1) is 16.0. The van der Waals surface area contributed by atoms with Crippen molar-refractivity contribution in [2.45, 2.75) is 25.4 Å². The third-order valence-corrected chi connectivity index (χ3v) is 3.15. The molecule has 1 atom stereocenters. The number of allylic oxidation sites excluding steroid dienone is 2. The predicted molar refractivity (Wildman–Crippen MR) is 67.7 cm³/mol. The monoisotopic (exact) mass is 278 g/mol. The lowest BCUT2D eigenvalue weighted by Crippen LogP contribution is -2.43. The quantitative estimate of drug-likeness (QED) is 0.720.